The largest absolute Gasteiger partial charge is 0.469 e. The Morgan fingerprint density at radius 3 is 2.81 bits per heavy atom. The third kappa shape index (κ3) is 3.71. The summed E-state index contributed by atoms with van der Waals surface area (Å²) in [6.07, 6.45) is 1.57. The summed E-state index contributed by atoms with van der Waals surface area (Å²) < 4.78 is 6.63. The Kier molecular flexibility index (Phi) is 5.24. The number of thioether (sulfide) groups is 1. The molecule has 0 saturated heterocycles. The fraction of sp³-hybridized carbons (Fsp3) is 0.235. The van der Waals surface area contributed by atoms with Crippen molar-refractivity contribution in [3.63, 3.8) is 0 Å². The van der Waals surface area contributed by atoms with E-state index in [0.29, 0.717) is 27.5 Å². The highest BCUT2D eigenvalue weighted by Gasteiger charge is 2.21. The molecule has 3 aromatic rings. The molecule has 0 saturated carbocycles. The number of carbonyl (C=O) groups is 1. The number of benzene rings is 1. The molecule has 3 N–H and O–H groups in total. The van der Waals surface area contributed by atoms with Gasteiger partial charge >= 0.3 is 0 Å². The van der Waals surface area contributed by atoms with Gasteiger partial charge in [0.2, 0.25) is 11.1 Å². The number of hydrogen-bond acceptors (Lipinski definition) is 6. The fourth-order valence-corrected chi connectivity index (χ4v) is 3.28. The molecule has 1 atom stereocenters. The number of amides is 1. The van der Waals surface area contributed by atoms with E-state index in [1.54, 1.807) is 31.4 Å². The van der Waals surface area contributed by atoms with Gasteiger partial charge in [-0.2, -0.15) is 0 Å². The van der Waals surface area contributed by atoms with Crippen LogP contribution in [-0.2, 0) is 4.79 Å². The second-order valence-corrected chi connectivity index (χ2v) is 7.52. The van der Waals surface area contributed by atoms with Crippen molar-refractivity contribution in [3.05, 3.63) is 46.9 Å². The summed E-state index contributed by atoms with van der Waals surface area (Å²) in [6, 6.07) is 7.12. The number of rotatable bonds is 5. The first-order valence-corrected chi connectivity index (χ1v) is 9.11. The van der Waals surface area contributed by atoms with Gasteiger partial charge in [0.15, 0.2) is 5.82 Å². The zero-order valence-electron chi connectivity index (χ0n) is 14.5. The van der Waals surface area contributed by atoms with Crippen LogP contribution in [0, 0.1) is 13.8 Å². The molecule has 9 heteroatoms. The van der Waals surface area contributed by atoms with Crippen molar-refractivity contribution < 1.29 is 9.21 Å². The van der Waals surface area contributed by atoms with Crippen LogP contribution in [0.25, 0.3) is 11.4 Å². The Labute approximate surface area is 159 Å². The number of nitrogens with one attached hydrogen (secondary N) is 1. The van der Waals surface area contributed by atoms with Crippen molar-refractivity contribution in [3.8, 4) is 11.4 Å². The van der Waals surface area contributed by atoms with Crippen LogP contribution in [-0.4, -0.2) is 26.0 Å². The minimum Gasteiger partial charge on any atom is -0.469 e. The van der Waals surface area contributed by atoms with Crippen molar-refractivity contribution in [2.75, 3.05) is 11.2 Å². The second kappa shape index (κ2) is 7.43. The Balaban J connectivity index is 1.73. The molecule has 0 radical (unpaired) electrons. The molecule has 2 aromatic heterocycles. The molecule has 1 amide bonds. The van der Waals surface area contributed by atoms with Crippen molar-refractivity contribution in [2.45, 2.75) is 31.2 Å². The van der Waals surface area contributed by atoms with Crippen molar-refractivity contribution in [2.24, 2.45) is 0 Å². The van der Waals surface area contributed by atoms with E-state index >= 15 is 0 Å². The van der Waals surface area contributed by atoms with Crippen LogP contribution in [0.3, 0.4) is 0 Å². The Morgan fingerprint density at radius 2 is 2.12 bits per heavy atom. The van der Waals surface area contributed by atoms with Gasteiger partial charge in [0, 0.05) is 10.7 Å². The summed E-state index contributed by atoms with van der Waals surface area (Å²) in [5.41, 5.74) is 2.37. The number of hydrogen-bond donors (Lipinski definition) is 2. The lowest BCUT2D eigenvalue weighted by atomic mass is 10.2. The quantitative estimate of drug-likeness (QED) is 0.508. The van der Waals surface area contributed by atoms with Gasteiger partial charge in [0.1, 0.15) is 5.76 Å². The molecule has 136 valence electrons. The predicted octanol–water partition coefficient (Wildman–Crippen LogP) is 3.64. The summed E-state index contributed by atoms with van der Waals surface area (Å²) in [6.45, 7) is 5.50. The smallest absolute Gasteiger partial charge is 0.237 e. The van der Waals surface area contributed by atoms with Crippen LogP contribution >= 0.6 is 23.4 Å². The van der Waals surface area contributed by atoms with Crippen LogP contribution in [0.15, 0.2) is 40.1 Å². The zero-order valence-corrected chi connectivity index (χ0v) is 16.1. The number of aromatic nitrogens is 3. The number of nitrogens with zero attached hydrogens (tertiary/aromatic N) is 3. The summed E-state index contributed by atoms with van der Waals surface area (Å²) in [7, 11) is 0. The average Bonchev–Trinajstić information content (AvgIpc) is 3.17. The van der Waals surface area contributed by atoms with Gasteiger partial charge in [-0.25, -0.2) is 4.68 Å². The summed E-state index contributed by atoms with van der Waals surface area (Å²) in [4.78, 5) is 12.5. The predicted molar refractivity (Wildman–Crippen MR) is 103 cm³/mol. The Bertz CT molecular complexity index is 953. The zero-order chi connectivity index (χ0) is 18.8. The standard InChI is InChI=1S/C17H18ClN5O2S/c1-9-4-5-12(18)8-14(9)20-16(24)11(3)26-17-22-21-15(23(17)19)13-6-7-25-10(13)2/h4-8,11H,19H2,1-3H3,(H,20,24). The minimum absolute atomic E-state index is 0.176. The number of furan rings is 1. The van der Waals surface area contributed by atoms with Crippen LogP contribution < -0.4 is 11.2 Å². The maximum absolute atomic E-state index is 12.5. The summed E-state index contributed by atoms with van der Waals surface area (Å²) in [5.74, 6) is 7.09. The topological polar surface area (TPSA) is 99.0 Å². The molecule has 0 aliphatic heterocycles. The molecule has 0 spiro atoms. The minimum atomic E-state index is -0.432. The van der Waals surface area contributed by atoms with Gasteiger partial charge in [-0.3, -0.25) is 4.79 Å². The molecule has 1 aromatic carbocycles. The molecule has 26 heavy (non-hydrogen) atoms. The average molecular weight is 392 g/mol. The first-order valence-electron chi connectivity index (χ1n) is 7.85. The number of nitrogens with two attached hydrogens (primary N) is 1. The molecular formula is C17H18ClN5O2S. The number of carbonyl (C=O) groups excluding carboxylic acids is 1. The molecular weight excluding hydrogens is 374 g/mol. The number of nitrogen functional groups attached to an aromatic ring is 1. The fourth-order valence-electron chi connectivity index (χ4n) is 2.33. The Hall–Kier alpha value is -2.45. The number of anilines is 1. The van der Waals surface area contributed by atoms with E-state index in [1.807, 2.05) is 19.9 Å². The van der Waals surface area contributed by atoms with Gasteiger partial charge in [-0.05, 0) is 44.5 Å². The SMILES string of the molecule is Cc1ccc(Cl)cc1NC(=O)C(C)Sc1nnc(-c2ccoc2C)n1N. The normalized spacial score (nSPS) is 12.2. The highest BCUT2D eigenvalue weighted by molar-refractivity contribution is 8.00. The molecule has 2 heterocycles. The van der Waals surface area contributed by atoms with E-state index in [9.17, 15) is 4.79 Å². The molecule has 0 aliphatic carbocycles. The molecule has 7 nitrogen and oxygen atoms in total. The first-order chi connectivity index (χ1) is 12.4. The lowest BCUT2D eigenvalue weighted by Gasteiger charge is -2.13. The van der Waals surface area contributed by atoms with E-state index in [4.69, 9.17) is 21.9 Å². The second-order valence-electron chi connectivity index (χ2n) is 5.78. The maximum Gasteiger partial charge on any atom is 0.237 e. The van der Waals surface area contributed by atoms with Crippen molar-refractivity contribution in [1.82, 2.24) is 14.9 Å². The van der Waals surface area contributed by atoms with Crippen LogP contribution in [0.1, 0.15) is 18.2 Å². The highest BCUT2D eigenvalue weighted by Crippen LogP contribution is 2.28. The highest BCUT2D eigenvalue weighted by atomic mass is 35.5. The molecule has 0 bridgehead atoms. The van der Waals surface area contributed by atoms with Gasteiger partial charge in [-0.1, -0.05) is 29.4 Å². The van der Waals surface area contributed by atoms with E-state index in [0.717, 1.165) is 11.1 Å². The monoisotopic (exact) mass is 391 g/mol. The lowest BCUT2D eigenvalue weighted by Crippen LogP contribution is -2.24. The van der Waals surface area contributed by atoms with Crippen LogP contribution in [0.5, 0.6) is 0 Å². The lowest BCUT2D eigenvalue weighted by molar-refractivity contribution is -0.115. The molecule has 1 unspecified atom stereocenters. The van der Waals surface area contributed by atoms with Crippen LogP contribution in [0.4, 0.5) is 5.69 Å². The number of halogens is 1. The maximum atomic E-state index is 12.5. The van der Waals surface area contributed by atoms with Crippen molar-refractivity contribution >= 4 is 35.0 Å². The molecule has 0 fully saturated rings. The van der Waals surface area contributed by atoms with E-state index < -0.39 is 5.25 Å². The summed E-state index contributed by atoms with van der Waals surface area (Å²) >= 11 is 7.21. The van der Waals surface area contributed by atoms with Crippen molar-refractivity contribution in [1.29, 1.82) is 0 Å². The Morgan fingerprint density at radius 1 is 1.35 bits per heavy atom. The molecule has 3 rings (SSSR count). The van der Waals surface area contributed by atoms with Gasteiger partial charge in [-0.15, -0.1) is 10.2 Å². The van der Waals surface area contributed by atoms with Crippen LogP contribution in [0.2, 0.25) is 5.02 Å². The van der Waals surface area contributed by atoms with E-state index in [-0.39, 0.29) is 5.91 Å². The molecule has 0 aliphatic rings. The van der Waals surface area contributed by atoms with Gasteiger partial charge < -0.3 is 15.6 Å². The third-order valence-corrected chi connectivity index (χ3v) is 5.17. The van der Waals surface area contributed by atoms with E-state index in [1.165, 1.54) is 16.4 Å². The summed E-state index contributed by atoms with van der Waals surface area (Å²) in [5, 5.41) is 11.6. The first kappa shape index (κ1) is 18.3. The van der Waals surface area contributed by atoms with Gasteiger partial charge in [0.25, 0.3) is 0 Å². The van der Waals surface area contributed by atoms with Gasteiger partial charge in [0.05, 0.1) is 17.1 Å². The van der Waals surface area contributed by atoms with E-state index in [2.05, 4.69) is 15.5 Å². The third-order valence-electron chi connectivity index (χ3n) is 3.87. The number of aryl methyl sites for hydroxylation is 2.